The zero-order chi connectivity index (χ0) is 20.9. The summed E-state index contributed by atoms with van der Waals surface area (Å²) in [6, 6.07) is 11.0. The first-order chi connectivity index (χ1) is 14.6. The van der Waals surface area contributed by atoms with Crippen molar-refractivity contribution in [3.05, 3.63) is 70.9 Å². The number of carbonyl (C=O) groups is 2. The Morgan fingerprint density at radius 3 is 2.77 bits per heavy atom. The van der Waals surface area contributed by atoms with Gasteiger partial charge in [0, 0.05) is 53.8 Å². The smallest absolute Gasteiger partial charge is 0.243 e. The molecule has 4 aromatic rings. The van der Waals surface area contributed by atoms with Gasteiger partial charge in [0.2, 0.25) is 11.8 Å². The molecule has 0 aliphatic heterocycles. The van der Waals surface area contributed by atoms with Gasteiger partial charge in [-0.05, 0) is 23.8 Å². The first-order valence-electron chi connectivity index (χ1n) is 9.55. The van der Waals surface area contributed by atoms with Gasteiger partial charge >= 0.3 is 0 Å². The molecule has 1 aromatic carbocycles. The normalized spacial score (nSPS) is 11.9. The number of hydrogen-bond acceptors (Lipinski definition) is 5. The van der Waals surface area contributed by atoms with E-state index in [-0.39, 0.29) is 11.8 Å². The predicted octanol–water partition coefficient (Wildman–Crippen LogP) is 3.05. The monoisotopic (exact) mass is 419 g/mol. The zero-order valence-electron chi connectivity index (χ0n) is 16.4. The van der Waals surface area contributed by atoms with E-state index in [2.05, 4.69) is 25.6 Å². The highest BCUT2D eigenvalue weighted by Crippen LogP contribution is 2.21. The van der Waals surface area contributed by atoms with Gasteiger partial charge in [-0.15, -0.1) is 11.3 Å². The van der Waals surface area contributed by atoms with E-state index in [0.717, 1.165) is 32.7 Å². The minimum absolute atomic E-state index is 0.240. The van der Waals surface area contributed by atoms with Gasteiger partial charge in [-0.2, -0.15) is 0 Å². The summed E-state index contributed by atoms with van der Waals surface area (Å²) in [6.45, 7) is 1.72. The maximum absolute atomic E-state index is 12.8. The van der Waals surface area contributed by atoms with Crippen molar-refractivity contribution in [1.29, 1.82) is 0 Å². The lowest BCUT2D eigenvalue weighted by Crippen LogP contribution is -2.47. The molecule has 1 unspecified atom stereocenters. The molecule has 152 valence electrons. The summed E-state index contributed by atoms with van der Waals surface area (Å²) < 4.78 is 0. The van der Waals surface area contributed by atoms with Crippen molar-refractivity contribution >= 4 is 34.1 Å². The van der Waals surface area contributed by atoms with Crippen LogP contribution in [0.2, 0.25) is 0 Å². The highest BCUT2D eigenvalue weighted by atomic mass is 32.1. The Bertz CT molecular complexity index is 1170. The Balaban J connectivity index is 1.44. The Hall–Kier alpha value is -3.52. The molecule has 0 saturated heterocycles. The minimum Gasteiger partial charge on any atom is -0.361 e. The Labute approximate surface area is 177 Å². The summed E-state index contributed by atoms with van der Waals surface area (Å²) in [7, 11) is 0. The topological polar surface area (TPSA) is 99.8 Å². The molecule has 1 atom stereocenters. The third kappa shape index (κ3) is 4.55. The van der Waals surface area contributed by atoms with E-state index in [1.807, 2.05) is 48.0 Å². The van der Waals surface area contributed by atoms with Crippen LogP contribution in [0.3, 0.4) is 0 Å². The number of nitrogens with one attached hydrogen (secondary N) is 3. The van der Waals surface area contributed by atoms with Gasteiger partial charge in [-0.3, -0.25) is 14.6 Å². The van der Waals surface area contributed by atoms with Crippen molar-refractivity contribution in [3.8, 4) is 11.3 Å². The number of pyridine rings is 1. The summed E-state index contributed by atoms with van der Waals surface area (Å²) in [4.78, 5) is 36.3. The second-order valence-corrected chi connectivity index (χ2v) is 7.84. The van der Waals surface area contributed by atoms with Crippen molar-refractivity contribution in [1.82, 2.24) is 25.6 Å². The Morgan fingerprint density at radius 2 is 1.97 bits per heavy atom. The fourth-order valence-electron chi connectivity index (χ4n) is 3.31. The third-order valence-corrected chi connectivity index (χ3v) is 5.58. The fourth-order valence-corrected chi connectivity index (χ4v) is 4.05. The summed E-state index contributed by atoms with van der Waals surface area (Å²) in [5, 5.41) is 9.45. The van der Waals surface area contributed by atoms with Gasteiger partial charge in [0.15, 0.2) is 0 Å². The molecular formula is C22H21N5O2S. The second kappa shape index (κ2) is 8.87. The average molecular weight is 420 g/mol. The van der Waals surface area contributed by atoms with E-state index in [1.165, 1.54) is 18.3 Å². The van der Waals surface area contributed by atoms with Gasteiger partial charge in [0.25, 0.3) is 0 Å². The molecule has 8 heteroatoms. The maximum Gasteiger partial charge on any atom is 0.243 e. The Kier molecular flexibility index (Phi) is 5.85. The quantitative estimate of drug-likeness (QED) is 0.429. The molecule has 30 heavy (non-hydrogen) atoms. The standard InChI is InChI=1S/C22H21N5O2S/c1-14(28)26-19(10-16-11-24-18-5-3-2-4-17(16)18)22(29)25-12-21-27-20(13-30-21)15-6-8-23-9-7-15/h2-9,11,13,19,24H,10,12H2,1H3,(H,25,29)(H,26,28). The molecule has 3 N–H and O–H groups in total. The number of nitrogens with zero attached hydrogens (tertiary/aromatic N) is 2. The van der Waals surface area contributed by atoms with Crippen LogP contribution < -0.4 is 10.6 Å². The molecule has 0 bridgehead atoms. The number of rotatable bonds is 7. The lowest BCUT2D eigenvalue weighted by atomic mass is 10.0. The van der Waals surface area contributed by atoms with E-state index in [0.29, 0.717) is 13.0 Å². The molecule has 0 fully saturated rings. The van der Waals surface area contributed by atoms with Crippen LogP contribution in [0.1, 0.15) is 17.5 Å². The summed E-state index contributed by atoms with van der Waals surface area (Å²) in [5.74, 6) is -0.486. The molecule has 7 nitrogen and oxygen atoms in total. The largest absolute Gasteiger partial charge is 0.361 e. The second-order valence-electron chi connectivity index (χ2n) is 6.90. The van der Waals surface area contributed by atoms with Crippen molar-refractivity contribution < 1.29 is 9.59 Å². The molecule has 0 aliphatic carbocycles. The predicted molar refractivity (Wildman–Crippen MR) is 117 cm³/mol. The van der Waals surface area contributed by atoms with Crippen LogP contribution in [0.15, 0.2) is 60.4 Å². The molecule has 2 amide bonds. The van der Waals surface area contributed by atoms with Crippen molar-refractivity contribution in [3.63, 3.8) is 0 Å². The van der Waals surface area contributed by atoms with Crippen LogP contribution in [-0.2, 0) is 22.6 Å². The third-order valence-electron chi connectivity index (χ3n) is 4.73. The molecule has 0 saturated carbocycles. The number of H-pyrrole nitrogens is 1. The van der Waals surface area contributed by atoms with E-state index in [1.54, 1.807) is 12.4 Å². The van der Waals surface area contributed by atoms with Crippen molar-refractivity contribution in [2.75, 3.05) is 0 Å². The van der Waals surface area contributed by atoms with Crippen LogP contribution in [0, 0.1) is 0 Å². The number of amides is 2. The number of carbonyl (C=O) groups excluding carboxylic acids is 2. The summed E-state index contributed by atoms with van der Waals surface area (Å²) in [6.07, 6.45) is 5.72. The van der Waals surface area contributed by atoms with Crippen LogP contribution in [-0.4, -0.2) is 32.8 Å². The number of aromatic nitrogens is 3. The molecule has 0 spiro atoms. The van der Waals surface area contributed by atoms with Crippen LogP contribution in [0.4, 0.5) is 0 Å². The molecular weight excluding hydrogens is 398 g/mol. The number of hydrogen-bond donors (Lipinski definition) is 3. The summed E-state index contributed by atoms with van der Waals surface area (Å²) in [5.41, 5.74) is 3.81. The molecule has 0 radical (unpaired) electrons. The van der Waals surface area contributed by atoms with E-state index in [4.69, 9.17) is 0 Å². The number of para-hydroxylation sites is 1. The lowest BCUT2D eigenvalue weighted by molar-refractivity contribution is -0.128. The Morgan fingerprint density at radius 1 is 1.17 bits per heavy atom. The van der Waals surface area contributed by atoms with Gasteiger partial charge in [-0.1, -0.05) is 18.2 Å². The van der Waals surface area contributed by atoms with Crippen LogP contribution >= 0.6 is 11.3 Å². The number of benzene rings is 1. The average Bonchev–Trinajstić information content (AvgIpc) is 3.39. The number of aromatic amines is 1. The highest BCUT2D eigenvalue weighted by Gasteiger charge is 2.21. The molecule has 3 heterocycles. The number of thiazole rings is 1. The maximum atomic E-state index is 12.8. The van der Waals surface area contributed by atoms with Crippen LogP contribution in [0.25, 0.3) is 22.2 Å². The van der Waals surface area contributed by atoms with E-state index < -0.39 is 6.04 Å². The van der Waals surface area contributed by atoms with Gasteiger partial charge in [-0.25, -0.2) is 4.98 Å². The fraction of sp³-hybridized carbons (Fsp3) is 0.182. The minimum atomic E-state index is -0.665. The zero-order valence-corrected chi connectivity index (χ0v) is 17.2. The van der Waals surface area contributed by atoms with E-state index in [9.17, 15) is 9.59 Å². The van der Waals surface area contributed by atoms with Crippen molar-refractivity contribution in [2.45, 2.75) is 25.9 Å². The van der Waals surface area contributed by atoms with Crippen molar-refractivity contribution in [2.24, 2.45) is 0 Å². The molecule has 4 rings (SSSR count). The van der Waals surface area contributed by atoms with Gasteiger partial charge in [0.05, 0.1) is 12.2 Å². The first-order valence-corrected chi connectivity index (χ1v) is 10.4. The number of fused-ring (bicyclic) bond motifs is 1. The van der Waals surface area contributed by atoms with Crippen LogP contribution in [0.5, 0.6) is 0 Å². The van der Waals surface area contributed by atoms with Gasteiger partial charge < -0.3 is 15.6 Å². The molecule has 0 aliphatic rings. The summed E-state index contributed by atoms with van der Waals surface area (Å²) >= 11 is 1.48. The lowest BCUT2D eigenvalue weighted by Gasteiger charge is -2.17. The SMILES string of the molecule is CC(=O)NC(Cc1c[nH]c2ccccc12)C(=O)NCc1nc(-c2ccncc2)cs1. The van der Waals surface area contributed by atoms with Gasteiger partial charge in [0.1, 0.15) is 11.0 Å². The van der Waals surface area contributed by atoms with E-state index >= 15 is 0 Å². The molecule has 3 aromatic heterocycles. The first kappa shape index (κ1) is 19.8. The highest BCUT2D eigenvalue weighted by molar-refractivity contribution is 7.09.